The van der Waals surface area contributed by atoms with Gasteiger partial charge in [-0.3, -0.25) is 4.79 Å². The molecule has 0 aliphatic carbocycles. The zero-order valence-electron chi connectivity index (χ0n) is 9.75. The van der Waals surface area contributed by atoms with Crippen LogP contribution in [0, 0.1) is 0 Å². The highest BCUT2D eigenvalue weighted by Crippen LogP contribution is 2.24. The second-order valence-electron chi connectivity index (χ2n) is 3.94. The highest BCUT2D eigenvalue weighted by atomic mass is 35.5. The van der Waals surface area contributed by atoms with Crippen LogP contribution in [0.5, 0.6) is 0 Å². The van der Waals surface area contributed by atoms with Crippen molar-refractivity contribution in [2.75, 3.05) is 5.32 Å². The molecule has 0 amide bonds. The van der Waals surface area contributed by atoms with Crippen molar-refractivity contribution in [3.05, 3.63) is 17.0 Å². The lowest BCUT2D eigenvalue weighted by Gasteiger charge is -2.29. The zero-order valence-corrected chi connectivity index (χ0v) is 10.5. The van der Waals surface area contributed by atoms with Crippen molar-refractivity contribution >= 4 is 23.7 Å². The number of hydrogen-bond acceptors (Lipinski definition) is 4. The molecule has 0 fully saturated rings. The van der Waals surface area contributed by atoms with Crippen molar-refractivity contribution in [2.45, 2.75) is 39.2 Å². The summed E-state index contributed by atoms with van der Waals surface area (Å²) < 4.78 is 0. The minimum atomic E-state index is -0.0879. The first kappa shape index (κ1) is 12.9. The molecule has 88 valence electrons. The van der Waals surface area contributed by atoms with Gasteiger partial charge in [-0.05, 0) is 19.8 Å². The molecule has 0 atom stereocenters. The van der Waals surface area contributed by atoms with Gasteiger partial charge < -0.3 is 5.32 Å². The molecule has 5 heteroatoms. The smallest absolute Gasteiger partial charge is 0.156 e. The Bertz CT molecular complexity index is 377. The largest absolute Gasteiger partial charge is 0.364 e. The van der Waals surface area contributed by atoms with E-state index in [0.717, 1.165) is 12.8 Å². The maximum Gasteiger partial charge on any atom is 0.156 e. The topological polar surface area (TPSA) is 54.9 Å². The molecule has 0 bridgehead atoms. The lowest BCUT2D eigenvalue weighted by atomic mass is 9.95. The van der Waals surface area contributed by atoms with Crippen molar-refractivity contribution in [1.82, 2.24) is 9.97 Å². The second kappa shape index (κ2) is 5.25. The van der Waals surface area contributed by atoms with E-state index in [1.807, 2.05) is 0 Å². The van der Waals surface area contributed by atoms with Crippen LogP contribution in [-0.2, 0) is 0 Å². The third-order valence-corrected chi connectivity index (χ3v) is 3.24. The fourth-order valence-electron chi connectivity index (χ4n) is 1.29. The Labute approximate surface area is 100 Å². The third kappa shape index (κ3) is 2.70. The number of aromatic nitrogens is 2. The van der Waals surface area contributed by atoms with Gasteiger partial charge in [0.2, 0.25) is 0 Å². The maximum atomic E-state index is 10.9. The molecule has 16 heavy (non-hydrogen) atoms. The quantitative estimate of drug-likeness (QED) is 0.636. The van der Waals surface area contributed by atoms with Crippen molar-refractivity contribution in [3.63, 3.8) is 0 Å². The molecule has 4 nitrogen and oxygen atoms in total. The molecule has 0 saturated carbocycles. The van der Waals surface area contributed by atoms with Crippen molar-refractivity contribution < 1.29 is 4.79 Å². The normalized spacial score (nSPS) is 11.2. The number of carbonyl (C=O) groups excluding carboxylic acids is 1. The minimum Gasteiger partial charge on any atom is -0.364 e. The Balaban J connectivity index is 3.05. The van der Waals surface area contributed by atoms with Gasteiger partial charge in [0.05, 0.1) is 5.56 Å². The van der Waals surface area contributed by atoms with E-state index in [9.17, 15) is 4.79 Å². The van der Waals surface area contributed by atoms with Gasteiger partial charge in [0, 0.05) is 5.54 Å². The van der Waals surface area contributed by atoms with Gasteiger partial charge in [0.15, 0.2) is 6.29 Å². The summed E-state index contributed by atoms with van der Waals surface area (Å²) >= 11 is 5.82. The van der Waals surface area contributed by atoms with E-state index in [2.05, 4.69) is 36.1 Å². The van der Waals surface area contributed by atoms with E-state index < -0.39 is 0 Å². The van der Waals surface area contributed by atoms with Gasteiger partial charge in [0.25, 0.3) is 0 Å². The number of nitrogens with one attached hydrogen (secondary N) is 1. The highest BCUT2D eigenvalue weighted by Gasteiger charge is 2.21. The number of carbonyl (C=O) groups is 1. The summed E-state index contributed by atoms with van der Waals surface area (Å²) in [5.74, 6) is 0.501. The first-order valence-corrected chi connectivity index (χ1v) is 5.68. The fraction of sp³-hybridized carbons (Fsp3) is 0.545. The van der Waals surface area contributed by atoms with Crippen molar-refractivity contribution in [2.24, 2.45) is 0 Å². The van der Waals surface area contributed by atoms with Gasteiger partial charge >= 0.3 is 0 Å². The van der Waals surface area contributed by atoms with Crippen LogP contribution in [0.25, 0.3) is 0 Å². The van der Waals surface area contributed by atoms with Gasteiger partial charge in [0.1, 0.15) is 17.3 Å². The molecule has 1 aromatic rings. The summed E-state index contributed by atoms with van der Waals surface area (Å²) in [5.41, 5.74) is 0.229. The number of rotatable bonds is 5. The number of hydrogen-bond donors (Lipinski definition) is 1. The average Bonchev–Trinajstić information content (AvgIpc) is 2.29. The van der Waals surface area contributed by atoms with Gasteiger partial charge in [-0.15, -0.1) is 0 Å². The molecular formula is C11H16ClN3O. The maximum absolute atomic E-state index is 10.9. The van der Waals surface area contributed by atoms with Crippen LogP contribution < -0.4 is 5.32 Å². The summed E-state index contributed by atoms with van der Waals surface area (Å²) in [5, 5.41) is 3.43. The summed E-state index contributed by atoms with van der Waals surface area (Å²) in [6.07, 6.45) is 3.90. The highest BCUT2D eigenvalue weighted by molar-refractivity contribution is 6.32. The van der Waals surface area contributed by atoms with Crippen LogP contribution in [-0.4, -0.2) is 21.8 Å². The Morgan fingerprint density at radius 2 is 2.06 bits per heavy atom. The van der Waals surface area contributed by atoms with Crippen molar-refractivity contribution in [1.29, 1.82) is 0 Å². The van der Waals surface area contributed by atoms with E-state index in [1.54, 1.807) is 0 Å². The number of anilines is 1. The van der Waals surface area contributed by atoms with E-state index in [4.69, 9.17) is 11.6 Å². The molecule has 0 unspecified atom stereocenters. The van der Waals surface area contributed by atoms with Crippen LogP contribution in [0.2, 0.25) is 5.15 Å². The molecule has 0 radical (unpaired) electrons. The summed E-state index contributed by atoms with van der Waals surface area (Å²) in [4.78, 5) is 18.7. The predicted octanol–water partition coefficient (Wildman–Crippen LogP) is 2.93. The first-order chi connectivity index (χ1) is 7.56. The van der Waals surface area contributed by atoms with Gasteiger partial charge in [-0.1, -0.05) is 25.4 Å². The van der Waals surface area contributed by atoms with E-state index in [-0.39, 0.29) is 10.7 Å². The second-order valence-corrected chi connectivity index (χ2v) is 4.30. The van der Waals surface area contributed by atoms with Crippen LogP contribution in [0.15, 0.2) is 6.33 Å². The summed E-state index contributed by atoms with van der Waals surface area (Å²) in [6.45, 7) is 6.25. The molecule has 0 spiro atoms. The first-order valence-electron chi connectivity index (χ1n) is 5.30. The Morgan fingerprint density at radius 3 is 2.56 bits per heavy atom. The van der Waals surface area contributed by atoms with E-state index in [0.29, 0.717) is 17.7 Å². The molecule has 0 aliphatic heterocycles. The molecule has 1 N–H and O–H groups in total. The number of halogens is 1. The van der Waals surface area contributed by atoms with Crippen LogP contribution in [0.3, 0.4) is 0 Å². The lowest BCUT2D eigenvalue weighted by Crippen LogP contribution is -2.34. The predicted molar refractivity (Wildman–Crippen MR) is 65.0 cm³/mol. The van der Waals surface area contributed by atoms with Crippen molar-refractivity contribution in [3.8, 4) is 0 Å². The molecule has 1 heterocycles. The van der Waals surface area contributed by atoms with Gasteiger partial charge in [-0.25, -0.2) is 9.97 Å². The standard InChI is InChI=1S/C11H16ClN3O/c1-4-11(3,5-2)15-10-8(6-16)9(12)13-7-14-10/h6-7H,4-5H2,1-3H3,(H,13,14,15). The zero-order chi connectivity index (χ0) is 12.2. The summed E-state index contributed by atoms with van der Waals surface area (Å²) in [6, 6.07) is 0. The number of nitrogens with zero attached hydrogens (tertiary/aromatic N) is 2. The molecule has 1 aromatic heterocycles. The van der Waals surface area contributed by atoms with E-state index in [1.165, 1.54) is 6.33 Å². The monoisotopic (exact) mass is 241 g/mol. The SMILES string of the molecule is CCC(C)(CC)Nc1ncnc(Cl)c1C=O. The van der Waals surface area contributed by atoms with Crippen LogP contribution in [0.4, 0.5) is 5.82 Å². The Hall–Kier alpha value is -1.16. The third-order valence-electron chi connectivity index (χ3n) is 2.93. The molecule has 1 rings (SSSR count). The fourth-order valence-corrected chi connectivity index (χ4v) is 1.47. The molecule has 0 aliphatic rings. The number of aldehydes is 1. The molecule has 0 aromatic carbocycles. The van der Waals surface area contributed by atoms with Gasteiger partial charge in [-0.2, -0.15) is 0 Å². The minimum absolute atomic E-state index is 0.0879. The Kier molecular flexibility index (Phi) is 4.24. The lowest BCUT2D eigenvalue weighted by molar-refractivity contribution is 0.112. The van der Waals surface area contributed by atoms with E-state index >= 15 is 0 Å². The molecular weight excluding hydrogens is 226 g/mol. The Morgan fingerprint density at radius 1 is 1.44 bits per heavy atom. The summed E-state index contributed by atoms with van der Waals surface area (Å²) in [7, 11) is 0. The van der Waals surface area contributed by atoms with Crippen LogP contribution >= 0.6 is 11.6 Å². The average molecular weight is 242 g/mol. The van der Waals surface area contributed by atoms with Crippen LogP contribution in [0.1, 0.15) is 44.0 Å². The molecule has 0 saturated heterocycles.